The van der Waals surface area contributed by atoms with Gasteiger partial charge in [0.15, 0.2) is 0 Å². The van der Waals surface area contributed by atoms with Crippen molar-refractivity contribution in [1.82, 2.24) is 9.78 Å². The van der Waals surface area contributed by atoms with Crippen LogP contribution < -0.4 is 5.32 Å². The minimum atomic E-state index is -4.69. The van der Waals surface area contributed by atoms with Gasteiger partial charge in [0.2, 0.25) is 5.91 Å². The number of rotatable bonds is 7. The molecule has 164 valence electrons. The molecule has 2 aromatic rings. The van der Waals surface area contributed by atoms with Gasteiger partial charge in [0.25, 0.3) is 0 Å². The molecule has 2 aromatic heterocycles. The van der Waals surface area contributed by atoms with Gasteiger partial charge in [-0.15, -0.1) is 11.3 Å². The second-order valence-corrected chi connectivity index (χ2v) is 7.10. The molecule has 1 N–H and O–H groups in total. The van der Waals surface area contributed by atoms with E-state index < -0.39 is 36.3 Å². The van der Waals surface area contributed by atoms with Crippen LogP contribution in [0.15, 0.2) is 6.07 Å². The second kappa shape index (κ2) is 9.28. The normalized spacial score (nSPS) is 11.3. The third-order valence-electron chi connectivity index (χ3n) is 3.83. The maximum Gasteiger partial charge on any atom is 0.433 e. The summed E-state index contributed by atoms with van der Waals surface area (Å²) in [6.07, 6.45) is -4.69. The van der Waals surface area contributed by atoms with E-state index in [0.29, 0.717) is 4.68 Å². The van der Waals surface area contributed by atoms with Crippen molar-refractivity contribution in [2.75, 3.05) is 18.5 Å². The monoisotopic (exact) mass is 447 g/mol. The number of nitrogens with one attached hydrogen (secondary N) is 1. The predicted octanol–water partition coefficient (Wildman–Crippen LogP) is 3.57. The molecule has 30 heavy (non-hydrogen) atoms. The number of halogens is 3. The number of carbonyl (C=O) groups excluding carboxylic acids is 3. The lowest BCUT2D eigenvalue weighted by Gasteiger charge is -2.11. The van der Waals surface area contributed by atoms with E-state index >= 15 is 0 Å². The average molecular weight is 447 g/mol. The number of aryl methyl sites for hydroxylation is 1. The molecule has 0 aliphatic heterocycles. The lowest BCUT2D eigenvalue weighted by molar-refractivity contribution is -0.144. The molecule has 0 unspecified atom stereocenters. The fraction of sp³-hybridized carbons (Fsp3) is 0.444. The molecule has 0 fully saturated rings. The minimum absolute atomic E-state index is 0.0172. The zero-order chi connectivity index (χ0) is 22.6. The molecule has 0 atom stereocenters. The number of hydrogen-bond acceptors (Lipinski definition) is 7. The van der Waals surface area contributed by atoms with Crippen LogP contribution in [0.3, 0.4) is 0 Å². The van der Waals surface area contributed by atoms with Gasteiger partial charge in [-0.1, -0.05) is 0 Å². The Bertz CT molecular complexity index is 965. The van der Waals surface area contributed by atoms with Crippen molar-refractivity contribution in [3.05, 3.63) is 33.5 Å². The first-order chi connectivity index (χ1) is 14.0. The number of hydrogen-bond donors (Lipinski definition) is 1. The number of amides is 1. The number of anilines is 1. The summed E-state index contributed by atoms with van der Waals surface area (Å²) >= 11 is 0.783. The number of esters is 2. The summed E-state index contributed by atoms with van der Waals surface area (Å²) in [5, 5.41) is 6.06. The summed E-state index contributed by atoms with van der Waals surface area (Å²) in [6.45, 7) is 5.48. The molecule has 0 aliphatic carbocycles. The quantitative estimate of drug-likeness (QED) is 0.652. The van der Waals surface area contributed by atoms with E-state index in [0.717, 1.165) is 17.4 Å². The first-order valence-corrected chi connectivity index (χ1v) is 9.70. The molecular formula is C18H20F3N3O5S. The highest BCUT2D eigenvalue weighted by Gasteiger charge is 2.36. The van der Waals surface area contributed by atoms with E-state index in [1.807, 2.05) is 0 Å². The number of aromatic nitrogens is 2. The first kappa shape index (κ1) is 23.4. The van der Waals surface area contributed by atoms with Crippen molar-refractivity contribution in [3.8, 4) is 0 Å². The molecular weight excluding hydrogens is 427 g/mol. The van der Waals surface area contributed by atoms with Crippen molar-refractivity contribution >= 4 is 34.2 Å². The smallest absolute Gasteiger partial charge is 0.433 e. The molecule has 0 aromatic carbocycles. The first-order valence-electron chi connectivity index (χ1n) is 8.88. The topological polar surface area (TPSA) is 99.5 Å². The number of alkyl halides is 3. The Labute approximate surface area is 174 Å². The number of nitrogens with zero attached hydrogens (tertiary/aromatic N) is 2. The van der Waals surface area contributed by atoms with Crippen LogP contribution in [0.25, 0.3) is 0 Å². The van der Waals surface area contributed by atoms with E-state index in [-0.39, 0.29) is 39.9 Å². The van der Waals surface area contributed by atoms with Crippen LogP contribution in [0.4, 0.5) is 18.2 Å². The van der Waals surface area contributed by atoms with Crippen molar-refractivity contribution in [1.29, 1.82) is 0 Å². The maximum absolute atomic E-state index is 13.1. The van der Waals surface area contributed by atoms with Crippen LogP contribution in [0.1, 0.15) is 50.8 Å². The van der Waals surface area contributed by atoms with Crippen LogP contribution in [0, 0.1) is 13.8 Å². The van der Waals surface area contributed by atoms with Gasteiger partial charge in [0.05, 0.1) is 24.5 Å². The molecule has 12 heteroatoms. The Morgan fingerprint density at radius 2 is 1.73 bits per heavy atom. The van der Waals surface area contributed by atoms with Gasteiger partial charge in [0, 0.05) is 0 Å². The predicted molar refractivity (Wildman–Crippen MR) is 102 cm³/mol. The zero-order valence-corrected chi connectivity index (χ0v) is 17.5. The van der Waals surface area contributed by atoms with Gasteiger partial charge in [-0.3, -0.25) is 9.48 Å². The summed E-state index contributed by atoms with van der Waals surface area (Å²) in [5.74, 6) is -2.32. The Morgan fingerprint density at radius 3 is 2.30 bits per heavy atom. The molecule has 0 aliphatic rings. The van der Waals surface area contributed by atoms with Gasteiger partial charge in [-0.25, -0.2) is 9.59 Å². The zero-order valence-electron chi connectivity index (χ0n) is 16.7. The Hall–Kier alpha value is -2.89. The van der Waals surface area contributed by atoms with Gasteiger partial charge in [-0.05, 0) is 39.3 Å². The Kier molecular flexibility index (Phi) is 7.24. The summed E-state index contributed by atoms with van der Waals surface area (Å²) in [5.41, 5.74) is -0.779. The van der Waals surface area contributed by atoms with Crippen LogP contribution in [0.2, 0.25) is 0 Å². The average Bonchev–Trinajstić information content (AvgIpc) is 3.15. The summed E-state index contributed by atoms with van der Waals surface area (Å²) in [6, 6.07) is 0.825. The molecule has 0 bridgehead atoms. The molecule has 8 nitrogen and oxygen atoms in total. The fourth-order valence-electron chi connectivity index (χ4n) is 2.64. The Balaban J connectivity index is 2.35. The largest absolute Gasteiger partial charge is 0.462 e. The molecule has 0 spiro atoms. The van der Waals surface area contributed by atoms with Gasteiger partial charge in [-0.2, -0.15) is 18.3 Å². The van der Waals surface area contributed by atoms with Crippen molar-refractivity contribution in [2.24, 2.45) is 0 Å². The van der Waals surface area contributed by atoms with E-state index in [2.05, 4.69) is 10.4 Å². The van der Waals surface area contributed by atoms with E-state index in [1.54, 1.807) is 13.8 Å². The molecule has 2 heterocycles. The molecule has 1 amide bonds. The fourth-order valence-corrected chi connectivity index (χ4v) is 3.74. The molecule has 0 saturated carbocycles. The standard InChI is InChI=1S/C18H20F3N3O5S/c1-5-28-16(26)13-10(4)14(17(27)29-6-2)30-15(13)22-12(25)8-24-11(18(19,20)21)7-9(3)23-24/h7H,5-6,8H2,1-4H3,(H,22,25). The Morgan fingerprint density at radius 1 is 1.13 bits per heavy atom. The number of thiophene rings is 1. The summed E-state index contributed by atoms with van der Waals surface area (Å²) in [7, 11) is 0. The summed E-state index contributed by atoms with van der Waals surface area (Å²) < 4.78 is 49.8. The van der Waals surface area contributed by atoms with Crippen LogP contribution in [-0.2, 0) is 27.0 Å². The van der Waals surface area contributed by atoms with Crippen molar-refractivity contribution in [2.45, 2.75) is 40.4 Å². The minimum Gasteiger partial charge on any atom is -0.462 e. The molecule has 2 rings (SSSR count). The molecule has 0 saturated heterocycles. The van der Waals surface area contributed by atoms with E-state index in [1.165, 1.54) is 13.8 Å². The lowest BCUT2D eigenvalue weighted by Crippen LogP contribution is -2.24. The van der Waals surface area contributed by atoms with Gasteiger partial charge in [0.1, 0.15) is 22.1 Å². The second-order valence-electron chi connectivity index (χ2n) is 6.08. The van der Waals surface area contributed by atoms with Crippen LogP contribution in [0.5, 0.6) is 0 Å². The molecule has 0 radical (unpaired) electrons. The van der Waals surface area contributed by atoms with Gasteiger partial charge >= 0.3 is 18.1 Å². The van der Waals surface area contributed by atoms with Crippen molar-refractivity contribution in [3.63, 3.8) is 0 Å². The van der Waals surface area contributed by atoms with E-state index in [9.17, 15) is 27.6 Å². The number of carbonyl (C=O) groups is 3. The maximum atomic E-state index is 13.1. The highest BCUT2D eigenvalue weighted by atomic mass is 32.1. The van der Waals surface area contributed by atoms with Crippen LogP contribution in [-0.4, -0.2) is 40.8 Å². The highest BCUT2D eigenvalue weighted by molar-refractivity contribution is 7.18. The lowest BCUT2D eigenvalue weighted by atomic mass is 10.1. The van der Waals surface area contributed by atoms with Gasteiger partial charge < -0.3 is 14.8 Å². The summed E-state index contributed by atoms with van der Waals surface area (Å²) in [4.78, 5) is 37.0. The third kappa shape index (κ3) is 5.17. The van der Waals surface area contributed by atoms with Crippen molar-refractivity contribution < 1.29 is 37.0 Å². The van der Waals surface area contributed by atoms with Crippen LogP contribution >= 0.6 is 11.3 Å². The SMILES string of the molecule is CCOC(=O)c1sc(NC(=O)Cn2nc(C)cc2C(F)(F)F)c(C(=O)OCC)c1C. The number of ether oxygens (including phenoxy) is 2. The third-order valence-corrected chi connectivity index (χ3v) is 5.01. The highest BCUT2D eigenvalue weighted by Crippen LogP contribution is 2.35. The van der Waals surface area contributed by atoms with E-state index in [4.69, 9.17) is 9.47 Å².